The molecule has 4 heteroatoms. The number of rotatable bonds is 0. The molecular formula is C7H11ClN2O. The molecule has 0 fully saturated rings. The average molecular weight is 175 g/mol. The van der Waals surface area contributed by atoms with Crippen molar-refractivity contribution in [2.75, 3.05) is 7.05 Å². The van der Waals surface area contributed by atoms with Crippen LogP contribution < -0.4 is 17.3 Å². The normalized spacial score (nSPS) is 26.2. The highest BCUT2D eigenvalue weighted by atomic mass is 35.5. The first-order valence-electron chi connectivity index (χ1n) is 3.17. The van der Waals surface area contributed by atoms with Crippen LogP contribution in [-0.4, -0.2) is 18.1 Å². The Balaban J connectivity index is 0.000001000. The highest BCUT2D eigenvalue weighted by Gasteiger charge is 2.14. The van der Waals surface area contributed by atoms with E-state index in [0.29, 0.717) is 5.84 Å². The second-order valence-corrected chi connectivity index (χ2v) is 2.34. The number of allylic oxidation sites excluding steroid dienone is 2. The number of nitrogens with zero attached hydrogens (tertiary/aromatic N) is 1. The smallest absolute Gasteiger partial charge is 0.267 e. The van der Waals surface area contributed by atoms with E-state index in [2.05, 4.69) is 5.16 Å². The quantitative estimate of drug-likeness (QED) is 0.294. The van der Waals surface area contributed by atoms with Gasteiger partial charge >= 0.3 is 0 Å². The van der Waals surface area contributed by atoms with Gasteiger partial charge in [0.05, 0.1) is 7.05 Å². The summed E-state index contributed by atoms with van der Waals surface area (Å²) in [6, 6.07) is 0. The Bertz CT molecular complexity index is 220. The molecule has 62 valence electrons. The Morgan fingerprint density at radius 1 is 1.55 bits per heavy atom. The number of nitrogens with one attached hydrogen (secondary N) is 1. The molecule has 0 aromatic heterocycles. The van der Waals surface area contributed by atoms with Gasteiger partial charge in [-0.1, -0.05) is 0 Å². The maximum atomic E-state index is 8.52. The van der Waals surface area contributed by atoms with Gasteiger partial charge in [-0.15, -0.1) is 0 Å². The fourth-order valence-corrected chi connectivity index (χ4v) is 0.963. The van der Waals surface area contributed by atoms with E-state index >= 15 is 0 Å². The second kappa shape index (κ2) is 4.16. The zero-order chi connectivity index (χ0) is 7.56. The van der Waals surface area contributed by atoms with Gasteiger partial charge in [-0.3, -0.25) is 4.90 Å². The summed E-state index contributed by atoms with van der Waals surface area (Å²) in [6.45, 7) is 1.92. The Labute approximate surface area is 72.1 Å². The molecule has 1 aliphatic heterocycles. The first-order valence-corrected chi connectivity index (χ1v) is 3.17. The molecule has 3 nitrogen and oxygen atoms in total. The maximum absolute atomic E-state index is 8.52. The predicted octanol–water partition coefficient (Wildman–Crippen LogP) is -3.23. The number of hydrogen-bond donors (Lipinski definition) is 2. The molecule has 2 N–H and O–H groups in total. The van der Waals surface area contributed by atoms with Gasteiger partial charge in [-0.05, 0) is 24.2 Å². The van der Waals surface area contributed by atoms with Gasteiger partial charge in [-0.25, -0.2) is 0 Å². The molecule has 11 heavy (non-hydrogen) atoms. The van der Waals surface area contributed by atoms with Crippen molar-refractivity contribution >= 4 is 5.84 Å². The molecule has 1 aliphatic rings. The minimum Gasteiger partial charge on any atom is -1.00 e. The number of quaternary nitrogens is 1. The van der Waals surface area contributed by atoms with Crippen LogP contribution in [0.4, 0.5) is 0 Å². The van der Waals surface area contributed by atoms with Gasteiger partial charge in [0, 0.05) is 5.57 Å². The van der Waals surface area contributed by atoms with Crippen molar-refractivity contribution in [3.63, 3.8) is 0 Å². The summed E-state index contributed by atoms with van der Waals surface area (Å²) in [5.74, 6) is 0.683. The summed E-state index contributed by atoms with van der Waals surface area (Å²) in [5, 5.41) is 11.7. The molecular weight excluding hydrogens is 164 g/mol. The number of likely N-dealkylation sites (N-methyl/N-ethyl adjacent to an activating group) is 1. The van der Waals surface area contributed by atoms with Gasteiger partial charge in [-0.2, -0.15) is 0 Å². The van der Waals surface area contributed by atoms with E-state index in [1.807, 2.05) is 32.3 Å². The van der Waals surface area contributed by atoms with Crippen LogP contribution in [0.2, 0.25) is 0 Å². The van der Waals surface area contributed by atoms with Crippen LogP contribution in [0.5, 0.6) is 0 Å². The lowest BCUT2D eigenvalue weighted by Crippen LogP contribution is -3.07. The molecule has 1 rings (SSSR count). The summed E-state index contributed by atoms with van der Waals surface area (Å²) in [5.41, 5.74) is 1.00. The highest BCUT2D eigenvalue weighted by molar-refractivity contribution is 5.91. The maximum Gasteiger partial charge on any atom is 0.267 e. The van der Waals surface area contributed by atoms with E-state index in [9.17, 15) is 0 Å². The van der Waals surface area contributed by atoms with Crippen LogP contribution in [0.25, 0.3) is 0 Å². The fraction of sp³-hybridized carbons (Fsp3) is 0.286. The lowest BCUT2D eigenvalue weighted by molar-refractivity contribution is -0.721. The summed E-state index contributed by atoms with van der Waals surface area (Å²) >= 11 is 0. The standard InChI is InChI=1S/C7H10N2O.ClH/c1-6-4-3-5-9(2)7(6)8-10;/h3-5,10H,1-2H3;1H. The molecule has 0 saturated carbocycles. The number of oxime groups is 1. The Morgan fingerprint density at radius 3 is 2.55 bits per heavy atom. The molecule has 0 spiro atoms. The second-order valence-electron chi connectivity index (χ2n) is 2.34. The molecule has 1 unspecified atom stereocenters. The minimum absolute atomic E-state index is 0. The molecule has 0 amide bonds. The lowest BCUT2D eigenvalue weighted by atomic mass is 10.2. The van der Waals surface area contributed by atoms with Crippen LogP contribution >= 0.6 is 0 Å². The largest absolute Gasteiger partial charge is 1.00 e. The van der Waals surface area contributed by atoms with E-state index in [1.54, 1.807) is 0 Å². The Hall–Kier alpha value is -0.800. The minimum atomic E-state index is 0. The summed E-state index contributed by atoms with van der Waals surface area (Å²) < 4.78 is 0. The van der Waals surface area contributed by atoms with Gasteiger partial charge in [0.15, 0.2) is 0 Å². The van der Waals surface area contributed by atoms with Crippen molar-refractivity contribution < 1.29 is 22.5 Å². The zero-order valence-corrected chi connectivity index (χ0v) is 7.26. The number of hydrogen-bond acceptors (Lipinski definition) is 2. The molecule has 0 aromatic rings. The van der Waals surface area contributed by atoms with Gasteiger partial charge in [0.1, 0.15) is 6.20 Å². The van der Waals surface area contributed by atoms with Crippen LogP contribution in [0.15, 0.2) is 29.1 Å². The number of amidine groups is 1. The topological polar surface area (TPSA) is 37.0 Å². The van der Waals surface area contributed by atoms with Crippen LogP contribution in [0, 0.1) is 0 Å². The third kappa shape index (κ3) is 2.06. The van der Waals surface area contributed by atoms with E-state index in [4.69, 9.17) is 5.21 Å². The molecule has 0 radical (unpaired) electrons. The van der Waals surface area contributed by atoms with Crippen LogP contribution in [-0.2, 0) is 0 Å². The molecule has 1 atom stereocenters. The first kappa shape index (κ1) is 10.2. The van der Waals surface area contributed by atoms with Crippen molar-refractivity contribution in [1.29, 1.82) is 0 Å². The first-order chi connectivity index (χ1) is 4.75. The van der Waals surface area contributed by atoms with Crippen molar-refractivity contribution in [3.8, 4) is 0 Å². The molecule has 1 heterocycles. The van der Waals surface area contributed by atoms with E-state index in [-0.39, 0.29) is 12.4 Å². The molecule has 0 saturated heterocycles. The predicted molar refractivity (Wildman–Crippen MR) is 39.0 cm³/mol. The molecule has 0 aromatic carbocycles. The monoisotopic (exact) mass is 174 g/mol. The van der Waals surface area contributed by atoms with E-state index in [0.717, 1.165) is 10.5 Å². The van der Waals surface area contributed by atoms with Gasteiger partial charge < -0.3 is 17.6 Å². The Kier molecular flexibility index (Phi) is 3.85. The fourth-order valence-electron chi connectivity index (χ4n) is 0.963. The zero-order valence-electron chi connectivity index (χ0n) is 6.50. The van der Waals surface area contributed by atoms with E-state index < -0.39 is 0 Å². The van der Waals surface area contributed by atoms with Crippen molar-refractivity contribution in [3.05, 3.63) is 23.9 Å². The van der Waals surface area contributed by atoms with Crippen molar-refractivity contribution in [2.45, 2.75) is 6.92 Å². The molecule has 0 bridgehead atoms. The van der Waals surface area contributed by atoms with Crippen LogP contribution in [0.3, 0.4) is 0 Å². The third-order valence-corrected chi connectivity index (χ3v) is 1.54. The SMILES string of the molecule is CC1=CC=C[NH+](C)C1=NO.[Cl-]. The summed E-state index contributed by atoms with van der Waals surface area (Å²) in [6.07, 6.45) is 5.78. The van der Waals surface area contributed by atoms with Gasteiger partial charge in [0.2, 0.25) is 0 Å². The van der Waals surface area contributed by atoms with Crippen molar-refractivity contribution in [1.82, 2.24) is 0 Å². The summed E-state index contributed by atoms with van der Waals surface area (Å²) in [7, 11) is 1.92. The van der Waals surface area contributed by atoms with E-state index in [1.165, 1.54) is 0 Å². The average Bonchev–Trinajstić information content (AvgIpc) is 1.88. The number of halogens is 1. The highest BCUT2D eigenvalue weighted by Crippen LogP contribution is 1.94. The summed E-state index contributed by atoms with van der Waals surface area (Å²) in [4.78, 5) is 1.00. The Morgan fingerprint density at radius 2 is 2.18 bits per heavy atom. The van der Waals surface area contributed by atoms with Gasteiger partial charge in [0.25, 0.3) is 5.84 Å². The third-order valence-electron chi connectivity index (χ3n) is 1.54. The van der Waals surface area contributed by atoms with Crippen LogP contribution in [0.1, 0.15) is 6.92 Å². The van der Waals surface area contributed by atoms with Crippen molar-refractivity contribution in [2.24, 2.45) is 5.16 Å². The molecule has 0 aliphatic carbocycles. The lowest BCUT2D eigenvalue weighted by Gasteiger charge is -2.11.